The summed E-state index contributed by atoms with van der Waals surface area (Å²) >= 11 is 0. The van der Waals surface area contributed by atoms with Gasteiger partial charge >= 0.3 is 6.09 Å². The molecule has 14 nitrogen and oxygen atoms in total. The van der Waals surface area contributed by atoms with Gasteiger partial charge in [-0.25, -0.2) is 19.7 Å². The van der Waals surface area contributed by atoms with E-state index in [9.17, 15) is 14.4 Å². The molecule has 3 aromatic heterocycles. The van der Waals surface area contributed by atoms with Gasteiger partial charge in [0.25, 0.3) is 0 Å². The first-order valence-corrected chi connectivity index (χ1v) is 20.0. The largest absolute Gasteiger partial charge is 0.481 e. The summed E-state index contributed by atoms with van der Waals surface area (Å²) in [6, 6.07) is 19.3. The Balaban J connectivity index is 0.910. The van der Waals surface area contributed by atoms with Gasteiger partial charge in [0, 0.05) is 38.4 Å². The molecule has 2 unspecified atom stereocenters. The summed E-state index contributed by atoms with van der Waals surface area (Å²) in [5, 5.41) is 5.80. The second-order valence-electron chi connectivity index (χ2n) is 15.6. The molecule has 2 saturated carbocycles. The maximum absolute atomic E-state index is 13.6. The van der Waals surface area contributed by atoms with Crippen molar-refractivity contribution < 1.29 is 28.6 Å². The van der Waals surface area contributed by atoms with Crippen molar-refractivity contribution in [2.75, 3.05) is 27.9 Å². The summed E-state index contributed by atoms with van der Waals surface area (Å²) in [6.07, 6.45) is 9.03. The zero-order valence-corrected chi connectivity index (χ0v) is 33.2. The summed E-state index contributed by atoms with van der Waals surface area (Å²) in [7, 11) is 4.36. The minimum Gasteiger partial charge on any atom is -0.481 e. The van der Waals surface area contributed by atoms with Crippen LogP contribution < -0.4 is 15.4 Å². The van der Waals surface area contributed by atoms with Crippen molar-refractivity contribution in [2.24, 2.45) is 17.8 Å². The third-order valence-electron chi connectivity index (χ3n) is 12.3. The minimum absolute atomic E-state index is 0.0669. The van der Waals surface area contributed by atoms with Gasteiger partial charge in [-0.2, -0.15) is 0 Å². The van der Waals surface area contributed by atoms with Gasteiger partial charge < -0.3 is 39.7 Å². The Morgan fingerprint density at radius 1 is 0.793 bits per heavy atom. The lowest BCUT2D eigenvalue weighted by Crippen LogP contribution is -2.54. The number of alkyl carbamates (subject to hydrolysis) is 1. The summed E-state index contributed by atoms with van der Waals surface area (Å²) in [5.41, 5.74) is 6.88. The molecule has 8 rings (SSSR count). The number of carbonyl (C=O) groups excluding carboxylic acids is 3. The van der Waals surface area contributed by atoms with E-state index in [1.807, 2.05) is 12.3 Å². The number of nitrogens with one attached hydrogen (secondary N) is 4. The van der Waals surface area contributed by atoms with Crippen LogP contribution in [-0.2, 0) is 25.6 Å². The number of carbonyl (C=O) groups is 3. The highest BCUT2D eigenvalue weighted by molar-refractivity contribution is 5.87. The van der Waals surface area contributed by atoms with Crippen LogP contribution in [0.2, 0.25) is 0 Å². The molecule has 7 atom stereocenters. The Bertz CT molecular complexity index is 2220. The molecule has 3 aliphatic rings. The Morgan fingerprint density at radius 3 is 2.05 bits per heavy atom. The van der Waals surface area contributed by atoms with Crippen molar-refractivity contribution in [3.63, 3.8) is 0 Å². The Labute approximate surface area is 337 Å². The molecule has 4 N–H and O–H groups in total. The molecule has 3 amide bonds. The lowest BCUT2D eigenvalue weighted by molar-refractivity contribution is -0.137. The molecule has 5 aromatic rings. The number of pyridine rings is 1. The third kappa shape index (κ3) is 7.80. The topological polar surface area (TPSA) is 176 Å². The number of benzene rings is 2. The van der Waals surface area contributed by atoms with E-state index < -0.39 is 18.2 Å². The first-order chi connectivity index (χ1) is 28.2. The first kappa shape index (κ1) is 38.8. The van der Waals surface area contributed by atoms with E-state index in [2.05, 4.69) is 79.1 Å². The molecule has 1 saturated heterocycles. The SMILES string of the molecule is COC(=O)N[C@H](C(=O)N1CCC[C@H]1c1ncc(-c2ccc(-c3ccc(-c4cnc([C@H]5C6CCC(C6)[C@@H]5C(=O)NCc5ccc(OC)nc5)[nH]4)cc3)cc2)[nH]1)[C@@H](C)OC. The molecule has 4 heterocycles. The number of fused-ring (bicyclic) bond motifs is 2. The van der Waals surface area contributed by atoms with Gasteiger partial charge in [-0.05, 0) is 78.7 Å². The fourth-order valence-electron chi connectivity index (χ4n) is 9.19. The number of imidazole rings is 2. The average molecular weight is 787 g/mol. The Hall–Kier alpha value is -6.02. The quantitative estimate of drug-likeness (QED) is 0.105. The van der Waals surface area contributed by atoms with Crippen LogP contribution in [0.15, 0.2) is 79.3 Å². The molecule has 14 heteroatoms. The van der Waals surface area contributed by atoms with E-state index in [0.717, 1.165) is 77.1 Å². The molecule has 302 valence electrons. The summed E-state index contributed by atoms with van der Waals surface area (Å²) in [6.45, 7) is 2.72. The number of aromatic amines is 2. The molecule has 0 spiro atoms. The van der Waals surface area contributed by atoms with Crippen LogP contribution in [0, 0.1) is 17.8 Å². The van der Waals surface area contributed by atoms with Crippen molar-refractivity contribution in [1.29, 1.82) is 0 Å². The van der Waals surface area contributed by atoms with Gasteiger partial charge in [0.1, 0.15) is 17.7 Å². The second-order valence-corrected chi connectivity index (χ2v) is 15.6. The van der Waals surface area contributed by atoms with Gasteiger partial charge in [0.15, 0.2) is 0 Å². The van der Waals surface area contributed by atoms with Gasteiger partial charge in [0.2, 0.25) is 17.7 Å². The van der Waals surface area contributed by atoms with E-state index in [1.165, 1.54) is 14.2 Å². The van der Waals surface area contributed by atoms with E-state index in [-0.39, 0.29) is 29.7 Å². The summed E-state index contributed by atoms with van der Waals surface area (Å²) in [4.78, 5) is 61.8. The van der Waals surface area contributed by atoms with Crippen LogP contribution in [-0.4, -0.2) is 87.7 Å². The highest BCUT2D eigenvalue weighted by atomic mass is 16.5. The monoisotopic (exact) mass is 786 g/mol. The predicted molar refractivity (Wildman–Crippen MR) is 216 cm³/mol. The van der Waals surface area contributed by atoms with Crippen LogP contribution in [0.5, 0.6) is 5.88 Å². The summed E-state index contributed by atoms with van der Waals surface area (Å²) < 4.78 is 15.3. The normalized spacial score (nSPS) is 22.1. The van der Waals surface area contributed by atoms with Crippen molar-refractivity contribution in [3.05, 3.63) is 96.5 Å². The number of amides is 3. The number of hydrogen-bond donors (Lipinski definition) is 4. The van der Waals surface area contributed by atoms with Gasteiger partial charge in [0.05, 0.1) is 56.1 Å². The van der Waals surface area contributed by atoms with Crippen molar-refractivity contribution in [2.45, 2.75) is 69.7 Å². The second kappa shape index (κ2) is 16.8. The number of rotatable bonds is 13. The number of likely N-dealkylation sites (tertiary alicyclic amines) is 1. The van der Waals surface area contributed by atoms with E-state index >= 15 is 0 Å². The highest BCUT2D eigenvalue weighted by Crippen LogP contribution is 2.56. The van der Waals surface area contributed by atoms with E-state index in [4.69, 9.17) is 19.2 Å². The number of methoxy groups -OCH3 is 3. The molecule has 2 aromatic carbocycles. The molecule has 2 aliphatic carbocycles. The predicted octanol–water partition coefficient (Wildman–Crippen LogP) is 6.41. The fraction of sp³-hybridized carbons (Fsp3) is 0.409. The maximum Gasteiger partial charge on any atom is 0.407 e. The van der Waals surface area contributed by atoms with Crippen molar-refractivity contribution in [1.82, 2.24) is 40.5 Å². The van der Waals surface area contributed by atoms with E-state index in [0.29, 0.717) is 36.6 Å². The number of H-pyrrole nitrogens is 2. The van der Waals surface area contributed by atoms with Crippen LogP contribution in [0.3, 0.4) is 0 Å². The zero-order chi connectivity index (χ0) is 40.3. The van der Waals surface area contributed by atoms with E-state index in [1.54, 1.807) is 37.4 Å². The Kier molecular flexibility index (Phi) is 11.3. The number of ether oxygens (including phenoxy) is 3. The zero-order valence-electron chi connectivity index (χ0n) is 33.2. The van der Waals surface area contributed by atoms with Crippen LogP contribution in [0.4, 0.5) is 4.79 Å². The van der Waals surface area contributed by atoms with Gasteiger partial charge in [-0.1, -0.05) is 54.6 Å². The van der Waals surface area contributed by atoms with Crippen LogP contribution >= 0.6 is 0 Å². The van der Waals surface area contributed by atoms with Crippen molar-refractivity contribution in [3.8, 4) is 39.5 Å². The number of hydrogen-bond acceptors (Lipinski definition) is 9. The molecule has 58 heavy (non-hydrogen) atoms. The lowest BCUT2D eigenvalue weighted by atomic mass is 9.78. The molecular formula is C44H50N8O6. The number of aromatic nitrogens is 5. The van der Waals surface area contributed by atoms with Crippen LogP contribution in [0.1, 0.15) is 68.2 Å². The Morgan fingerprint density at radius 2 is 1.43 bits per heavy atom. The van der Waals surface area contributed by atoms with Crippen LogP contribution in [0.25, 0.3) is 33.6 Å². The van der Waals surface area contributed by atoms with Gasteiger partial charge in [-0.15, -0.1) is 0 Å². The molecule has 3 fully saturated rings. The molecular weight excluding hydrogens is 737 g/mol. The standard InChI is InChI=1S/C44H50N8O6/c1-25(56-2)39(51-44(55)58-4)43(54)52-19-5-6-35(52)40-46-23-33(49-40)29-12-8-27(9-13-29)28-10-14-30(15-11-28)34-24-47-41(50-34)37-31-16-17-32(20-31)38(37)42(53)48-22-26-7-18-36(57-3)45-21-26/h7-15,18,21,23-25,31-32,35,37-39H,5-6,16-17,19-20,22H2,1-4H3,(H,46,49)(H,47,50)(H,48,53)(H,51,55)/t25-,31?,32?,35+,37+,38+,39+/m1/s1. The average Bonchev–Trinajstić information content (AvgIpc) is 4.13. The lowest BCUT2D eigenvalue weighted by Gasteiger charge is -2.30. The fourth-order valence-corrected chi connectivity index (χ4v) is 9.19. The minimum atomic E-state index is -0.888. The smallest absolute Gasteiger partial charge is 0.407 e. The number of nitrogens with zero attached hydrogens (tertiary/aromatic N) is 4. The summed E-state index contributed by atoms with van der Waals surface area (Å²) in [5.74, 6) is 2.76. The highest BCUT2D eigenvalue weighted by Gasteiger charge is 2.52. The molecule has 2 bridgehead atoms. The first-order valence-electron chi connectivity index (χ1n) is 20.0. The third-order valence-corrected chi connectivity index (χ3v) is 12.3. The van der Waals surface area contributed by atoms with Gasteiger partial charge in [-0.3, -0.25) is 9.59 Å². The molecule has 1 aliphatic heterocycles. The van der Waals surface area contributed by atoms with Crippen molar-refractivity contribution >= 4 is 17.9 Å². The molecule has 0 radical (unpaired) electrons. The maximum atomic E-state index is 13.6.